The molecule has 2 amide bonds. The summed E-state index contributed by atoms with van der Waals surface area (Å²) in [5.74, 6) is 0.538. The highest BCUT2D eigenvalue weighted by Gasteiger charge is 2.34. The van der Waals surface area contributed by atoms with Gasteiger partial charge in [0.1, 0.15) is 12.3 Å². The van der Waals surface area contributed by atoms with Gasteiger partial charge in [0.25, 0.3) is 5.91 Å². The fraction of sp³-hybridized carbons (Fsp3) is 0.259. The Morgan fingerprint density at radius 3 is 2.59 bits per heavy atom. The van der Waals surface area contributed by atoms with Crippen molar-refractivity contribution in [2.24, 2.45) is 0 Å². The van der Waals surface area contributed by atoms with E-state index in [0.717, 1.165) is 29.2 Å². The molecular formula is C27H28N2O3. The zero-order valence-electron chi connectivity index (χ0n) is 18.4. The molecule has 5 heteroatoms. The topological polar surface area (TPSA) is 49.9 Å². The molecule has 3 aromatic rings. The standard InChI is InChI=1S/C27H28N2O3/c1-3-4-11-23-18-28(27(31)21-13-15-24(32-2)16-14-21)19-26(30)29(23)17-22-10-7-9-20-8-5-6-12-25(20)22/h3,5-10,12-16,23H,1,4,11,17-19H2,2H3/t23-/m0/s1. The number of carbonyl (C=O) groups is 2. The molecule has 4 rings (SSSR count). The van der Waals surface area contributed by atoms with Gasteiger partial charge in [0.2, 0.25) is 5.91 Å². The number of benzene rings is 3. The quantitative estimate of drug-likeness (QED) is 0.514. The molecule has 0 radical (unpaired) electrons. The first-order chi connectivity index (χ1) is 15.6. The Morgan fingerprint density at radius 2 is 1.84 bits per heavy atom. The molecule has 1 fully saturated rings. The SMILES string of the molecule is C=CCC[C@H]1CN(C(=O)c2ccc(OC)cc2)CC(=O)N1Cc1cccc2ccccc12. The van der Waals surface area contributed by atoms with Gasteiger partial charge in [0.15, 0.2) is 0 Å². The maximum Gasteiger partial charge on any atom is 0.254 e. The molecule has 1 heterocycles. The van der Waals surface area contributed by atoms with Gasteiger partial charge in [-0.2, -0.15) is 0 Å². The number of allylic oxidation sites excluding steroid dienone is 1. The number of rotatable bonds is 7. The van der Waals surface area contributed by atoms with Crippen LogP contribution in [0.1, 0.15) is 28.8 Å². The first-order valence-electron chi connectivity index (χ1n) is 10.9. The van der Waals surface area contributed by atoms with Crippen molar-refractivity contribution in [1.82, 2.24) is 9.80 Å². The Bertz CT molecular complexity index is 1120. The lowest BCUT2D eigenvalue weighted by Crippen LogP contribution is -2.57. The second-order valence-corrected chi connectivity index (χ2v) is 8.09. The molecule has 1 aliphatic rings. The van der Waals surface area contributed by atoms with E-state index in [2.05, 4.69) is 30.8 Å². The number of methoxy groups -OCH3 is 1. The van der Waals surface area contributed by atoms with Crippen LogP contribution in [0.5, 0.6) is 5.75 Å². The summed E-state index contributed by atoms with van der Waals surface area (Å²) in [5, 5.41) is 2.32. The second-order valence-electron chi connectivity index (χ2n) is 8.09. The van der Waals surface area contributed by atoms with Crippen LogP contribution in [0.2, 0.25) is 0 Å². The van der Waals surface area contributed by atoms with Crippen molar-refractivity contribution < 1.29 is 14.3 Å². The first-order valence-corrected chi connectivity index (χ1v) is 10.9. The summed E-state index contributed by atoms with van der Waals surface area (Å²) in [6.07, 6.45) is 3.42. The number of hydrogen-bond donors (Lipinski definition) is 0. The summed E-state index contributed by atoms with van der Waals surface area (Å²) in [7, 11) is 1.59. The Labute approximate surface area is 188 Å². The van der Waals surface area contributed by atoms with Gasteiger partial charge in [-0.3, -0.25) is 9.59 Å². The second kappa shape index (κ2) is 9.69. The number of nitrogens with zero attached hydrogens (tertiary/aromatic N) is 2. The van der Waals surface area contributed by atoms with E-state index in [1.807, 2.05) is 29.2 Å². The third-order valence-electron chi connectivity index (χ3n) is 6.07. The van der Waals surface area contributed by atoms with E-state index in [9.17, 15) is 9.59 Å². The zero-order chi connectivity index (χ0) is 22.5. The van der Waals surface area contributed by atoms with Crippen molar-refractivity contribution >= 4 is 22.6 Å². The number of fused-ring (bicyclic) bond motifs is 1. The molecule has 5 nitrogen and oxygen atoms in total. The Balaban J connectivity index is 1.56. The minimum Gasteiger partial charge on any atom is -0.497 e. The van der Waals surface area contributed by atoms with E-state index in [-0.39, 0.29) is 24.4 Å². The van der Waals surface area contributed by atoms with E-state index < -0.39 is 0 Å². The van der Waals surface area contributed by atoms with Crippen LogP contribution in [-0.4, -0.2) is 47.9 Å². The van der Waals surface area contributed by atoms with Crippen LogP contribution in [0.15, 0.2) is 79.4 Å². The largest absolute Gasteiger partial charge is 0.497 e. The number of amides is 2. The molecule has 32 heavy (non-hydrogen) atoms. The molecule has 0 aliphatic carbocycles. The van der Waals surface area contributed by atoms with Crippen molar-refractivity contribution in [3.8, 4) is 5.75 Å². The molecule has 1 aliphatic heterocycles. The number of piperazine rings is 1. The summed E-state index contributed by atoms with van der Waals surface area (Å²) in [5.41, 5.74) is 1.68. The molecule has 0 aromatic heterocycles. The third kappa shape index (κ3) is 4.52. The normalized spacial score (nSPS) is 16.3. The Kier molecular flexibility index (Phi) is 6.55. The lowest BCUT2D eigenvalue weighted by Gasteiger charge is -2.41. The molecule has 0 unspecified atom stereocenters. The molecule has 0 spiro atoms. The van der Waals surface area contributed by atoms with Crippen LogP contribution in [0.3, 0.4) is 0 Å². The predicted molar refractivity (Wildman–Crippen MR) is 127 cm³/mol. The molecule has 1 atom stereocenters. The highest BCUT2D eigenvalue weighted by Crippen LogP contribution is 2.25. The van der Waals surface area contributed by atoms with Crippen LogP contribution in [0, 0.1) is 0 Å². The van der Waals surface area contributed by atoms with Gasteiger partial charge in [-0.15, -0.1) is 6.58 Å². The van der Waals surface area contributed by atoms with Gasteiger partial charge in [-0.05, 0) is 53.4 Å². The molecule has 0 N–H and O–H groups in total. The smallest absolute Gasteiger partial charge is 0.254 e. The fourth-order valence-electron chi connectivity index (χ4n) is 4.33. The maximum atomic E-state index is 13.2. The minimum atomic E-state index is -0.130. The van der Waals surface area contributed by atoms with Crippen molar-refractivity contribution in [3.05, 3.63) is 90.5 Å². The molecule has 164 valence electrons. The molecular weight excluding hydrogens is 400 g/mol. The lowest BCUT2D eigenvalue weighted by molar-refractivity contribution is -0.139. The van der Waals surface area contributed by atoms with Gasteiger partial charge in [-0.25, -0.2) is 0 Å². The molecule has 0 saturated carbocycles. The molecule has 0 bridgehead atoms. The summed E-state index contributed by atoms with van der Waals surface area (Å²) in [6.45, 7) is 4.96. The van der Waals surface area contributed by atoms with Crippen molar-refractivity contribution in [3.63, 3.8) is 0 Å². The van der Waals surface area contributed by atoms with Crippen molar-refractivity contribution in [2.45, 2.75) is 25.4 Å². The molecule has 3 aromatic carbocycles. The summed E-state index contributed by atoms with van der Waals surface area (Å²) in [6, 6.07) is 21.4. The van der Waals surface area contributed by atoms with Crippen LogP contribution in [0.4, 0.5) is 0 Å². The third-order valence-corrected chi connectivity index (χ3v) is 6.07. The van der Waals surface area contributed by atoms with Crippen LogP contribution < -0.4 is 4.74 Å². The van der Waals surface area contributed by atoms with Gasteiger partial charge < -0.3 is 14.5 Å². The number of hydrogen-bond acceptors (Lipinski definition) is 3. The highest BCUT2D eigenvalue weighted by atomic mass is 16.5. The summed E-state index contributed by atoms with van der Waals surface area (Å²) < 4.78 is 5.18. The molecule has 1 saturated heterocycles. The maximum absolute atomic E-state index is 13.2. The minimum absolute atomic E-state index is 0.0277. The number of carbonyl (C=O) groups excluding carboxylic acids is 2. The van der Waals surface area contributed by atoms with Gasteiger partial charge in [0, 0.05) is 18.7 Å². The van der Waals surface area contributed by atoms with Gasteiger partial charge in [-0.1, -0.05) is 48.5 Å². The number of ether oxygens (including phenoxy) is 1. The Morgan fingerprint density at radius 1 is 1.09 bits per heavy atom. The van der Waals surface area contributed by atoms with E-state index >= 15 is 0 Å². The average Bonchev–Trinajstić information content (AvgIpc) is 2.84. The Hall–Kier alpha value is -3.60. The fourth-order valence-corrected chi connectivity index (χ4v) is 4.33. The predicted octanol–water partition coefficient (Wildman–Crippen LogP) is 4.67. The monoisotopic (exact) mass is 428 g/mol. The van der Waals surface area contributed by atoms with E-state index in [0.29, 0.717) is 24.4 Å². The average molecular weight is 429 g/mol. The first kappa shape index (κ1) is 21.6. The zero-order valence-corrected chi connectivity index (χ0v) is 18.4. The highest BCUT2D eigenvalue weighted by molar-refractivity contribution is 5.97. The van der Waals surface area contributed by atoms with Gasteiger partial charge >= 0.3 is 0 Å². The van der Waals surface area contributed by atoms with Crippen molar-refractivity contribution in [1.29, 1.82) is 0 Å². The van der Waals surface area contributed by atoms with Crippen LogP contribution in [-0.2, 0) is 11.3 Å². The van der Waals surface area contributed by atoms with Gasteiger partial charge in [0.05, 0.1) is 13.2 Å². The lowest BCUT2D eigenvalue weighted by atomic mass is 10.0. The summed E-state index contributed by atoms with van der Waals surface area (Å²) in [4.78, 5) is 29.9. The van der Waals surface area contributed by atoms with E-state index in [4.69, 9.17) is 4.74 Å². The van der Waals surface area contributed by atoms with E-state index in [1.165, 1.54) is 0 Å². The van der Waals surface area contributed by atoms with E-state index in [1.54, 1.807) is 36.3 Å². The van der Waals surface area contributed by atoms with Crippen molar-refractivity contribution in [2.75, 3.05) is 20.2 Å². The van der Waals surface area contributed by atoms with Crippen LogP contribution >= 0.6 is 0 Å². The van der Waals surface area contributed by atoms with Crippen LogP contribution in [0.25, 0.3) is 10.8 Å². The summed E-state index contributed by atoms with van der Waals surface area (Å²) >= 11 is 0.